The minimum Gasteiger partial charge on any atom is -0.330 e. The summed E-state index contributed by atoms with van der Waals surface area (Å²) in [6, 6.07) is 2.97. The van der Waals surface area contributed by atoms with Crippen molar-refractivity contribution in [1.29, 1.82) is 0 Å². The summed E-state index contributed by atoms with van der Waals surface area (Å²) in [5.41, 5.74) is 6.01. The molecule has 0 radical (unpaired) electrons. The van der Waals surface area contributed by atoms with E-state index in [1.165, 1.54) is 0 Å². The van der Waals surface area contributed by atoms with Crippen LogP contribution in [0, 0.1) is 17.0 Å². The van der Waals surface area contributed by atoms with Crippen LogP contribution in [-0.2, 0) is 4.79 Å². The quantitative estimate of drug-likeness (QED) is 0.873. The molecule has 1 aliphatic rings. The minimum absolute atomic E-state index is 0.127. The van der Waals surface area contributed by atoms with E-state index in [2.05, 4.69) is 17.1 Å². The van der Waals surface area contributed by atoms with Gasteiger partial charge in [-0.2, -0.15) is 0 Å². The van der Waals surface area contributed by atoms with Crippen molar-refractivity contribution in [2.75, 3.05) is 31.5 Å². The van der Waals surface area contributed by atoms with Crippen molar-refractivity contribution < 1.29 is 13.6 Å². The molecule has 116 valence electrons. The molecule has 0 spiro atoms. The Morgan fingerprint density at radius 1 is 1.38 bits per heavy atom. The maximum atomic E-state index is 13.0. The van der Waals surface area contributed by atoms with E-state index < -0.39 is 11.6 Å². The van der Waals surface area contributed by atoms with Gasteiger partial charge >= 0.3 is 0 Å². The third-order valence-corrected chi connectivity index (χ3v) is 3.93. The summed E-state index contributed by atoms with van der Waals surface area (Å²) in [5.74, 6) is -1.66. The standard InChI is InChI=1S/C15H21F2N3O/c1-15(9-18)3-5-20(10-15)4-2-14(21)19-13-7-11(16)6-12(17)8-13/h6-8H,2-5,9-10,18H2,1H3,(H,19,21). The van der Waals surface area contributed by atoms with Crippen molar-refractivity contribution in [3.8, 4) is 0 Å². The number of rotatable bonds is 5. The van der Waals surface area contributed by atoms with Crippen LogP contribution < -0.4 is 11.1 Å². The molecule has 0 bridgehead atoms. The van der Waals surface area contributed by atoms with Crippen molar-refractivity contribution in [1.82, 2.24) is 4.90 Å². The van der Waals surface area contributed by atoms with Crippen molar-refractivity contribution in [3.05, 3.63) is 29.8 Å². The molecule has 1 aromatic carbocycles. The molecule has 1 amide bonds. The molecule has 1 fully saturated rings. The lowest BCUT2D eigenvalue weighted by Crippen LogP contribution is -2.32. The number of nitrogens with one attached hydrogen (secondary N) is 1. The first-order valence-electron chi connectivity index (χ1n) is 7.09. The van der Waals surface area contributed by atoms with Crippen LogP contribution >= 0.6 is 0 Å². The van der Waals surface area contributed by atoms with Gasteiger partial charge in [0.25, 0.3) is 0 Å². The van der Waals surface area contributed by atoms with Crippen LogP contribution in [0.3, 0.4) is 0 Å². The number of nitrogens with zero attached hydrogens (tertiary/aromatic N) is 1. The van der Waals surface area contributed by atoms with Crippen LogP contribution in [0.25, 0.3) is 0 Å². The molecule has 1 aliphatic heterocycles. The van der Waals surface area contributed by atoms with Crippen LogP contribution in [0.2, 0.25) is 0 Å². The van der Waals surface area contributed by atoms with Gasteiger partial charge < -0.3 is 16.0 Å². The zero-order valence-electron chi connectivity index (χ0n) is 12.2. The van der Waals surface area contributed by atoms with Gasteiger partial charge in [-0.15, -0.1) is 0 Å². The maximum Gasteiger partial charge on any atom is 0.225 e. The monoisotopic (exact) mass is 297 g/mol. The first-order chi connectivity index (χ1) is 9.90. The molecule has 0 aliphatic carbocycles. The molecule has 2 rings (SSSR count). The molecule has 0 aromatic heterocycles. The topological polar surface area (TPSA) is 58.4 Å². The smallest absolute Gasteiger partial charge is 0.225 e. The molecule has 0 saturated carbocycles. The Hall–Kier alpha value is -1.53. The van der Waals surface area contributed by atoms with Gasteiger partial charge in [0.1, 0.15) is 11.6 Å². The number of amides is 1. The zero-order chi connectivity index (χ0) is 15.5. The van der Waals surface area contributed by atoms with Gasteiger partial charge in [0.05, 0.1) is 0 Å². The summed E-state index contributed by atoms with van der Waals surface area (Å²) in [7, 11) is 0. The molecule has 1 unspecified atom stereocenters. The van der Waals surface area contributed by atoms with E-state index in [1.807, 2.05) is 0 Å². The molecule has 1 atom stereocenters. The second-order valence-corrected chi connectivity index (χ2v) is 6.00. The lowest BCUT2D eigenvalue weighted by Gasteiger charge is -2.22. The fraction of sp³-hybridized carbons (Fsp3) is 0.533. The number of nitrogens with two attached hydrogens (primary N) is 1. The number of anilines is 1. The average Bonchev–Trinajstić information content (AvgIpc) is 2.78. The van der Waals surface area contributed by atoms with Crippen LogP contribution in [0.5, 0.6) is 0 Å². The Morgan fingerprint density at radius 3 is 2.62 bits per heavy atom. The number of hydrogen-bond donors (Lipinski definition) is 2. The van der Waals surface area contributed by atoms with Gasteiger partial charge in [-0.1, -0.05) is 6.92 Å². The van der Waals surface area contributed by atoms with Gasteiger partial charge in [0.15, 0.2) is 0 Å². The summed E-state index contributed by atoms with van der Waals surface area (Å²) < 4.78 is 26.0. The average molecular weight is 297 g/mol. The van der Waals surface area contributed by atoms with Gasteiger partial charge in [-0.25, -0.2) is 8.78 Å². The van der Waals surface area contributed by atoms with E-state index in [0.29, 0.717) is 19.5 Å². The highest BCUT2D eigenvalue weighted by Crippen LogP contribution is 2.28. The Kier molecular flexibility index (Phi) is 4.90. The number of hydrogen-bond acceptors (Lipinski definition) is 3. The van der Waals surface area contributed by atoms with Gasteiger partial charge in [0, 0.05) is 31.3 Å². The van der Waals surface area contributed by atoms with Gasteiger partial charge in [-0.3, -0.25) is 4.79 Å². The fourth-order valence-corrected chi connectivity index (χ4v) is 2.59. The second kappa shape index (κ2) is 6.49. The lowest BCUT2D eigenvalue weighted by atomic mass is 9.90. The van der Waals surface area contributed by atoms with Crippen molar-refractivity contribution >= 4 is 11.6 Å². The van der Waals surface area contributed by atoms with E-state index in [4.69, 9.17) is 5.73 Å². The number of likely N-dealkylation sites (tertiary alicyclic amines) is 1. The Morgan fingerprint density at radius 2 is 2.05 bits per heavy atom. The minimum atomic E-state index is -0.705. The molecule has 21 heavy (non-hydrogen) atoms. The third-order valence-electron chi connectivity index (χ3n) is 3.93. The first-order valence-corrected chi connectivity index (χ1v) is 7.09. The predicted molar refractivity (Wildman–Crippen MR) is 77.8 cm³/mol. The highest BCUT2D eigenvalue weighted by Gasteiger charge is 2.32. The molecule has 1 heterocycles. The largest absolute Gasteiger partial charge is 0.330 e. The predicted octanol–water partition coefficient (Wildman–Crippen LogP) is 1.96. The van der Waals surface area contributed by atoms with Crippen LogP contribution in [0.1, 0.15) is 19.8 Å². The van der Waals surface area contributed by atoms with E-state index in [-0.39, 0.29) is 17.0 Å². The Bertz CT molecular complexity index is 503. The zero-order valence-corrected chi connectivity index (χ0v) is 12.2. The second-order valence-electron chi connectivity index (χ2n) is 6.00. The summed E-state index contributed by atoms with van der Waals surface area (Å²) in [4.78, 5) is 14.0. The van der Waals surface area contributed by atoms with Gasteiger partial charge in [-0.05, 0) is 37.1 Å². The number of carbonyl (C=O) groups excluding carboxylic acids is 1. The van der Waals surface area contributed by atoms with Crippen LogP contribution in [0.15, 0.2) is 18.2 Å². The molecule has 3 N–H and O–H groups in total. The molecule has 6 heteroatoms. The summed E-state index contributed by atoms with van der Waals surface area (Å²) >= 11 is 0. The summed E-state index contributed by atoms with van der Waals surface area (Å²) in [6.45, 7) is 5.21. The van der Waals surface area contributed by atoms with E-state index in [1.54, 1.807) is 0 Å². The number of benzene rings is 1. The summed E-state index contributed by atoms with van der Waals surface area (Å²) in [6.07, 6.45) is 1.32. The normalized spacial score (nSPS) is 22.5. The summed E-state index contributed by atoms with van der Waals surface area (Å²) in [5, 5.41) is 2.51. The first kappa shape index (κ1) is 15.9. The maximum absolute atomic E-state index is 13.0. The third kappa shape index (κ3) is 4.47. The number of halogens is 2. The molecular weight excluding hydrogens is 276 g/mol. The molecular formula is C15H21F2N3O. The Labute approximate surface area is 123 Å². The highest BCUT2D eigenvalue weighted by molar-refractivity contribution is 5.90. The molecule has 1 saturated heterocycles. The van der Waals surface area contributed by atoms with E-state index in [9.17, 15) is 13.6 Å². The Balaban J connectivity index is 1.80. The SMILES string of the molecule is CC1(CN)CCN(CCC(=O)Nc2cc(F)cc(F)c2)C1. The number of carbonyl (C=O) groups is 1. The van der Waals surface area contributed by atoms with E-state index >= 15 is 0 Å². The molecule has 4 nitrogen and oxygen atoms in total. The van der Waals surface area contributed by atoms with E-state index in [0.717, 1.165) is 37.7 Å². The van der Waals surface area contributed by atoms with Crippen molar-refractivity contribution in [3.63, 3.8) is 0 Å². The van der Waals surface area contributed by atoms with Crippen LogP contribution in [0.4, 0.5) is 14.5 Å². The molecule has 1 aromatic rings. The van der Waals surface area contributed by atoms with Crippen LogP contribution in [-0.4, -0.2) is 37.0 Å². The van der Waals surface area contributed by atoms with Gasteiger partial charge in [0.2, 0.25) is 5.91 Å². The highest BCUT2D eigenvalue weighted by atomic mass is 19.1. The van der Waals surface area contributed by atoms with Crippen molar-refractivity contribution in [2.24, 2.45) is 11.1 Å². The van der Waals surface area contributed by atoms with Crippen molar-refractivity contribution in [2.45, 2.75) is 19.8 Å². The lowest BCUT2D eigenvalue weighted by molar-refractivity contribution is -0.116. The fourth-order valence-electron chi connectivity index (χ4n) is 2.59.